The van der Waals surface area contributed by atoms with Gasteiger partial charge in [-0.25, -0.2) is 26.5 Å². The van der Waals surface area contributed by atoms with Crippen LogP contribution in [0.15, 0.2) is 52.3 Å². The van der Waals surface area contributed by atoms with E-state index in [2.05, 4.69) is 4.98 Å². The molecule has 1 aromatic heterocycles. The first-order valence-corrected chi connectivity index (χ1v) is 11.7. The highest BCUT2D eigenvalue weighted by molar-refractivity contribution is 7.91. The van der Waals surface area contributed by atoms with E-state index in [0.29, 0.717) is 5.52 Å². The fourth-order valence-electron chi connectivity index (χ4n) is 2.90. The number of nitrogens with one attached hydrogen (secondary N) is 1. The number of aromatic nitrogens is 2. The average molecular weight is 422 g/mol. The molecule has 0 aliphatic heterocycles. The lowest BCUT2D eigenvalue weighted by atomic mass is 10.2. The maximum atomic E-state index is 12.4. The number of sulfonamides is 1. The molecule has 28 heavy (non-hydrogen) atoms. The molecular weight excluding hydrogens is 402 g/mol. The Morgan fingerprint density at radius 3 is 2.21 bits per heavy atom. The van der Waals surface area contributed by atoms with E-state index in [-0.39, 0.29) is 15.4 Å². The zero-order valence-corrected chi connectivity index (χ0v) is 17.1. The number of imidazole rings is 1. The summed E-state index contributed by atoms with van der Waals surface area (Å²) in [7, 11) is -7.60. The lowest BCUT2D eigenvalue weighted by molar-refractivity contribution is 0.0981. The quantitative estimate of drug-likeness (QED) is 0.673. The molecule has 0 radical (unpaired) electrons. The van der Waals surface area contributed by atoms with E-state index in [1.165, 1.54) is 24.3 Å². The minimum absolute atomic E-state index is 0.00916. The highest BCUT2D eigenvalue weighted by atomic mass is 32.2. The summed E-state index contributed by atoms with van der Waals surface area (Å²) in [6.07, 6.45) is 1.02. The van der Waals surface area contributed by atoms with Crippen molar-refractivity contribution in [2.24, 2.45) is 0 Å². The largest absolute Gasteiger partial charge is 0.329 e. The second kappa shape index (κ2) is 7.02. The van der Waals surface area contributed by atoms with Gasteiger partial charge in [0.15, 0.2) is 9.84 Å². The Labute approximate surface area is 163 Å². The number of carbonyl (C=O) groups is 1. The van der Waals surface area contributed by atoms with E-state index in [4.69, 9.17) is 0 Å². The molecule has 1 heterocycles. The van der Waals surface area contributed by atoms with Crippen molar-refractivity contribution in [2.75, 3.05) is 6.26 Å². The number of benzene rings is 2. The van der Waals surface area contributed by atoms with E-state index in [9.17, 15) is 21.6 Å². The molecule has 0 atom stereocenters. The van der Waals surface area contributed by atoms with Crippen molar-refractivity contribution in [3.63, 3.8) is 0 Å². The third-order valence-electron chi connectivity index (χ3n) is 4.31. The predicted molar refractivity (Wildman–Crippen MR) is 104 cm³/mol. The maximum Gasteiger partial charge on any atom is 0.265 e. The summed E-state index contributed by atoms with van der Waals surface area (Å²) in [6, 6.07) is 9.44. The van der Waals surface area contributed by atoms with E-state index >= 15 is 0 Å². The molecule has 10 heteroatoms. The van der Waals surface area contributed by atoms with Gasteiger partial charge >= 0.3 is 0 Å². The summed E-state index contributed by atoms with van der Waals surface area (Å²) in [5.74, 6) is 0.00596. The van der Waals surface area contributed by atoms with Crippen LogP contribution in [-0.4, -0.2) is 38.5 Å². The molecule has 3 rings (SSSR count). The number of amides is 1. The predicted octanol–water partition coefficient (Wildman–Crippen LogP) is 1.89. The van der Waals surface area contributed by atoms with Crippen LogP contribution in [0.25, 0.3) is 11.0 Å². The average Bonchev–Trinajstić information content (AvgIpc) is 2.94. The molecule has 0 bridgehead atoms. The number of aryl methyl sites for hydroxylation is 2. The Morgan fingerprint density at radius 2 is 1.64 bits per heavy atom. The van der Waals surface area contributed by atoms with Crippen molar-refractivity contribution in [1.82, 2.24) is 14.3 Å². The fourth-order valence-corrected chi connectivity index (χ4v) is 4.50. The highest BCUT2D eigenvalue weighted by Gasteiger charge is 2.20. The van der Waals surface area contributed by atoms with Gasteiger partial charge in [0.1, 0.15) is 5.82 Å². The van der Waals surface area contributed by atoms with Gasteiger partial charge in [-0.05, 0) is 56.3 Å². The monoisotopic (exact) mass is 421 g/mol. The van der Waals surface area contributed by atoms with Crippen molar-refractivity contribution < 1.29 is 21.6 Å². The summed E-state index contributed by atoms with van der Waals surface area (Å²) in [6.45, 7) is 4.57. The van der Waals surface area contributed by atoms with Gasteiger partial charge in [-0.3, -0.25) is 4.79 Å². The Hall–Kier alpha value is -2.72. The lowest BCUT2D eigenvalue weighted by Gasteiger charge is -2.08. The normalized spacial score (nSPS) is 12.2. The number of carbonyl (C=O) groups excluding carboxylic acids is 1. The first kappa shape index (κ1) is 20.0. The van der Waals surface area contributed by atoms with Gasteiger partial charge in [-0.2, -0.15) is 0 Å². The molecule has 0 unspecified atom stereocenters. The van der Waals surface area contributed by atoms with Crippen LogP contribution in [0.5, 0.6) is 0 Å². The molecule has 3 aromatic rings. The van der Waals surface area contributed by atoms with E-state index in [1.54, 1.807) is 6.07 Å². The molecule has 1 amide bonds. The zero-order valence-electron chi connectivity index (χ0n) is 15.5. The Kier molecular flexibility index (Phi) is 5.02. The van der Waals surface area contributed by atoms with Gasteiger partial charge in [-0.15, -0.1) is 0 Å². The maximum absolute atomic E-state index is 12.4. The van der Waals surface area contributed by atoms with Crippen LogP contribution in [-0.2, 0) is 26.4 Å². The molecule has 0 spiro atoms. The number of sulfone groups is 1. The van der Waals surface area contributed by atoms with Gasteiger partial charge in [0.05, 0.1) is 20.8 Å². The first-order valence-electron chi connectivity index (χ1n) is 8.37. The van der Waals surface area contributed by atoms with Crippen molar-refractivity contribution in [3.05, 3.63) is 53.9 Å². The van der Waals surface area contributed by atoms with Crippen molar-refractivity contribution in [2.45, 2.75) is 30.2 Å². The van der Waals surface area contributed by atoms with Crippen LogP contribution in [0.2, 0.25) is 0 Å². The van der Waals surface area contributed by atoms with Crippen LogP contribution >= 0.6 is 0 Å². The molecule has 0 aliphatic carbocycles. The van der Waals surface area contributed by atoms with E-state index in [0.717, 1.165) is 36.3 Å². The molecule has 0 saturated heterocycles. The number of fused-ring (bicyclic) bond motifs is 1. The third kappa shape index (κ3) is 3.78. The molecule has 148 valence electrons. The van der Waals surface area contributed by atoms with Crippen LogP contribution < -0.4 is 4.72 Å². The number of hydrogen-bond donors (Lipinski definition) is 1. The molecule has 0 saturated carbocycles. The van der Waals surface area contributed by atoms with Crippen molar-refractivity contribution >= 4 is 36.8 Å². The SMILES string of the molecule is CCn1c(C)nc2cc(C(=O)NS(=O)(=O)c3ccc(S(C)(=O)=O)cc3)ccc21. The van der Waals surface area contributed by atoms with Crippen molar-refractivity contribution in [1.29, 1.82) is 0 Å². The number of nitrogens with zero attached hydrogens (tertiary/aromatic N) is 2. The van der Waals surface area contributed by atoms with E-state index < -0.39 is 25.8 Å². The van der Waals surface area contributed by atoms with Gasteiger partial charge in [0.25, 0.3) is 15.9 Å². The standard InChI is InChI=1S/C18H19N3O5S2/c1-4-21-12(2)19-16-11-13(5-10-17(16)21)18(22)20-28(25,26)15-8-6-14(7-9-15)27(3,23)24/h5-11H,4H2,1-3H3,(H,20,22). The van der Waals surface area contributed by atoms with Gasteiger partial charge in [0.2, 0.25) is 0 Å². The molecule has 0 aliphatic rings. The Balaban J connectivity index is 1.88. The smallest absolute Gasteiger partial charge is 0.265 e. The molecule has 8 nitrogen and oxygen atoms in total. The van der Waals surface area contributed by atoms with E-state index in [1.807, 2.05) is 23.1 Å². The van der Waals surface area contributed by atoms with Gasteiger partial charge < -0.3 is 4.57 Å². The minimum Gasteiger partial charge on any atom is -0.329 e. The molecular formula is C18H19N3O5S2. The van der Waals surface area contributed by atoms with Crippen molar-refractivity contribution in [3.8, 4) is 0 Å². The summed E-state index contributed by atoms with van der Waals surface area (Å²) in [5, 5.41) is 0. The zero-order chi connectivity index (χ0) is 20.7. The van der Waals surface area contributed by atoms with Crippen LogP contribution in [0.3, 0.4) is 0 Å². The highest BCUT2D eigenvalue weighted by Crippen LogP contribution is 2.19. The molecule has 1 N–H and O–H groups in total. The minimum atomic E-state index is -4.15. The third-order valence-corrected chi connectivity index (χ3v) is 6.78. The molecule has 2 aromatic carbocycles. The summed E-state index contributed by atoms with van der Waals surface area (Å²) in [5.41, 5.74) is 1.61. The number of hydrogen-bond acceptors (Lipinski definition) is 6. The number of rotatable bonds is 5. The summed E-state index contributed by atoms with van der Waals surface area (Å²) >= 11 is 0. The Bertz CT molecular complexity index is 1270. The first-order chi connectivity index (χ1) is 13.0. The summed E-state index contributed by atoms with van der Waals surface area (Å²) in [4.78, 5) is 16.6. The van der Waals surface area contributed by atoms with Crippen LogP contribution in [0.4, 0.5) is 0 Å². The van der Waals surface area contributed by atoms with Crippen LogP contribution in [0, 0.1) is 6.92 Å². The van der Waals surface area contributed by atoms with Crippen LogP contribution in [0.1, 0.15) is 23.1 Å². The van der Waals surface area contributed by atoms with Gasteiger partial charge in [0, 0.05) is 18.4 Å². The second-order valence-electron chi connectivity index (χ2n) is 6.28. The second-order valence-corrected chi connectivity index (χ2v) is 9.98. The lowest BCUT2D eigenvalue weighted by Crippen LogP contribution is -2.30. The topological polar surface area (TPSA) is 115 Å². The fraction of sp³-hybridized carbons (Fsp3) is 0.222. The Morgan fingerprint density at radius 1 is 1.04 bits per heavy atom. The summed E-state index contributed by atoms with van der Waals surface area (Å²) < 4.78 is 51.8. The van der Waals surface area contributed by atoms with Gasteiger partial charge in [-0.1, -0.05) is 0 Å². The molecule has 0 fully saturated rings.